The van der Waals surface area contributed by atoms with Gasteiger partial charge in [0.15, 0.2) is 16.4 Å². The first-order valence-electron chi connectivity index (χ1n) is 8.64. The highest BCUT2D eigenvalue weighted by molar-refractivity contribution is 7.92. The number of sulfone groups is 1. The molecule has 3 rings (SSSR count). The lowest BCUT2D eigenvalue weighted by molar-refractivity contribution is -0.118. The normalized spacial score (nSPS) is 14.4. The minimum Gasteiger partial charge on any atom is -0.482 e. The molecule has 0 saturated carbocycles. The summed E-state index contributed by atoms with van der Waals surface area (Å²) < 4.78 is 44.5. The second-order valence-electron chi connectivity index (χ2n) is 6.69. The maximum atomic E-state index is 13.2. The molecule has 0 saturated heterocycles. The Bertz CT molecular complexity index is 1100. The van der Waals surface area contributed by atoms with Gasteiger partial charge in [-0.15, -0.1) is 0 Å². The van der Waals surface area contributed by atoms with Gasteiger partial charge in [0.25, 0.3) is 5.91 Å². The third-order valence-electron chi connectivity index (χ3n) is 4.42. The van der Waals surface area contributed by atoms with Gasteiger partial charge in [-0.3, -0.25) is 9.59 Å². The molecule has 1 aliphatic heterocycles. The summed E-state index contributed by atoms with van der Waals surface area (Å²) >= 11 is 5.68. The topological polar surface area (TPSA) is 102 Å². The van der Waals surface area contributed by atoms with E-state index in [1.807, 2.05) is 0 Å². The summed E-state index contributed by atoms with van der Waals surface area (Å²) in [6, 6.07) is 6.55. The molecular weight excluding hydrogens is 423 g/mol. The van der Waals surface area contributed by atoms with Crippen molar-refractivity contribution in [2.24, 2.45) is 0 Å². The van der Waals surface area contributed by atoms with Gasteiger partial charge in [-0.2, -0.15) is 0 Å². The number of rotatable bonds is 5. The fourth-order valence-electron chi connectivity index (χ4n) is 2.90. The van der Waals surface area contributed by atoms with Crippen molar-refractivity contribution < 1.29 is 27.1 Å². The zero-order chi connectivity index (χ0) is 21.3. The van der Waals surface area contributed by atoms with Gasteiger partial charge in [0.1, 0.15) is 11.6 Å². The van der Waals surface area contributed by atoms with Crippen LogP contribution in [0.1, 0.15) is 18.9 Å². The second kappa shape index (κ2) is 8.00. The lowest BCUT2D eigenvalue weighted by Gasteiger charge is -2.21. The van der Waals surface area contributed by atoms with Gasteiger partial charge in [-0.05, 0) is 43.7 Å². The average molecular weight is 441 g/mol. The smallest absolute Gasteiger partial charge is 0.262 e. The van der Waals surface area contributed by atoms with Crippen LogP contribution in [0.5, 0.6) is 5.75 Å². The Labute approximate surface area is 172 Å². The van der Waals surface area contributed by atoms with Gasteiger partial charge < -0.3 is 15.4 Å². The summed E-state index contributed by atoms with van der Waals surface area (Å²) in [6.07, 6.45) is -0.314. The van der Waals surface area contributed by atoms with Crippen LogP contribution in [-0.2, 0) is 19.4 Å². The highest BCUT2D eigenvalue weighted by Gasteiger charge is 2.29. The molecule has 2 aromatic carbocycles. The fourth-order valence-corrected chi connectivity index (χ4v) is 4.66. The van der Waals surface area contributed by atoms with Crippen LogP contribution in [0, 0.1) is 12.7 Å². The van der Waals surface area contributed by atoms with Gasteiger partial charge in [-0.1, -0.05) is 11.6 Å². The third kappa shape index (κ3) is 4.51. The predicted molar refractivity (Wildman–Crippen MR) is 107 cm³/mol. The molecule has 0 bridgehead atoms. The molecule has 1 atom stereocenters. The molecule has 0 fully saturated rings. The standard InChI is InChI=1S/C19H18ClFN2O5S/c1-10-5-15-16(28-9-19(25)23-15)8-17(10)29(26,27)11(2)6-18(24)22-12-3-4-14(21)13(20)7-12/h3-5,7-8,11H,6,9H2,1-2H3,(H,22,24)(H,23,25)/t11-/m0/s1. The Morgan fingerprint density at radius 1 is 1.34 bits per heavy atom. The summed E-state index contributed by atoms with van der Waals surface area (Å²) in [5.41, 5.74) is 1.09. The molecule has 0 spiro atoms. The van der Waals surface area contributed by atoms with E-state index in [1.54, 1.807) is 6.92 Å². The molecule has 0 radical (unpaired) electrons. The van der Waals surface area contributed by atoms with Crippen LogP contribution in [-0.4, -0.2) is 32.1 Å². The molecule has 7 nitrogen and oxygen atoms in total. The molecule has 0 aromatic heterocycles. The number of hydrogen-bond donors (Lipinski definition) is 2. The quantitative estimate of drug-likeness (QED) is 0.742. The summed E-state index contributed by atoms with van der Waals surface area (Å²) in [5, 5.41) is 3.94. The zero-order valence-corrected chi connectivity index (χ0v) is 17.2. The van der Waals surface area contributed by atoms with Crippen molar-refractivity contribution in [3.8, 4) is 5.75 Å². The summed E-state index contributed by atoms with van der Waals surface area (Å²) in [4.78, 5) is 23.7. The van der Waals surface area contributed by atoms with Crippen LogP contribution in [0.15, 0.2) is 35.2 Å². The minimum absolute atomic E-state index is 0.0255. The van der Waals surface area contributed by atoms with Gasteiger partial charge >= 0.3 is 0 Å². The van der Waals surface area contributed by atoms with E-state index < -0.39 is 26.8 Å². The molecule has 29 heavy (non-hydrogen) atoms. The Hall–Kier alpha value is -2.65. The van der Waals surface area contributed by atoms with Gasteiger partial charge in [-0.25, -0.2) is 12.8 Å². The first-order valence-corrected chi connectivity index (χ1v) is 10.6. The monoisotopic (exact) mass is 440 g/mol. The molecule has 1 heterocycles. The van der Waals surface area contributed by atoms with Crippen molar-refractivity contribution >= 4 is 44.6 Å². The van der Waals surface area contributed by atoms with Crippen molar-refractivity contribution in [3.05, 3.63) is 46.7 Å². The number of amides is 2. The number of ether oxygens (including phenoxy) is 1. The lowest BCUT2D eigenvalue weighted by Crippen LogP contribution is -2.27. The van der Waals surface area contributed by atoms with E-state index in [9.17, 15) is 22.4 Å². The maximum absolute atomic E-state index is 13.2. The van der Waals surface area contributed by atoms with Crippen molar-refractivity contribution in [1.29, 1.82) is 0 Å². The van der Waals surface area contributed by atoms with Gasteiger partial charge in [0.2, 0.25) is 5.91 Å². The van der Waals surface area contributed by atoms with Crippen molar-refractivity contribution in [2.45, 2.75) is 30.4 Å². The number of carbonyl (C=O) groups excluding carboxylic acids is 2. The molecule has 1 aliphatic rings. The number of anilines is 2. The largest absolute Gasteiger partial charge is 0.482 e. The van der Waals surface area contributed by atoms with Crippen LogP contribution in [0.3, 0.4) is 0 Å². The van der Waals surface area contributed by atoms with E-state index in [2.05, 4.69) is 10.6 Å². The Morgan fingerprint density at radius 2 is 2.07 bits per heavy atom. The molecule has 154 valence electrons. The fraction of sp³-hybridized carbons (Fsp3) is 0.263. The minimum atomic E-state index is -3.86. The molecule has 10 heteroatoms. The summed E-state index contributed by atoms with van der Waals surface area (Å²) in [6.45, 7) is 2.82. The Morgan fingerprint density at radius 3 is 2.76 bits per heavy atom. The van der Waals surface area contributed by atoms with E-state index in [0.29, 0.717) is 11.3 Å². The van der Waals surface area contributed by atoms with Crippen LogP contribution >= 0.6 is 11.6 Å². The first-order chi connectivity index (χ1) is 13.6. The van der Waals surface area contributed by atoms with Crippen molar-refractivity contribution in [2.75, 3.05) is 17.2 Å². The molecular formula is C19H18ClFN2O5S. The molecule has 0 unspecified atom stereocenters. The lowest BCUT2D eigenvalue weighted by atomic mass is 10.2. The number of nitrogens with one attached hydrogen (secondary N) is 2. The van der Waals surface area contributed by atoms with Crippen LogP contribution < -0.4 is 15.4 Å². The summed E-state index contributed by atoms with van der Waals surface area (Å²) in [5.74, 6) is -1.24. The number of benzene rings is 2. The average Bonchev–Trinajstić information content (AvgIpc) is 2.63. The predicted octanol–water partition coefficient (Wildman–Crippen LogP) is 3.31. The van der Waals surface area contributed by atoms with E-state index in [0.717, 1.165) is 6.07 Å². The van der Waals surface area contributed by atoms with Crippen LogP contribution in [0.2, 0.25) is 5.02 Å². The van der Waals surface area contributed by atoms with Crippen LogP contribution in [0.4, 0.5) is 15.8 Å². The van der Waals surface area contributed by atoms with E-state index in [4.69, 9.17) is 16.3 Å². The van der Waals surface area contributed by atoms with Gasteiger partial charge in [0, 0.05) is 18.2 Å². The molecule has 2 N–H and O–H groups in total. The SMILES string of the molecule is Cc1cc2c(cc1S(=O)(=O)[C@@H](C)CC(=O)Nc1ccc(F)c(Cl)c1)OCC(=O)N2. The highest BCUT2D eigenvalue weighted by atomic mass is 35.5. The summed E-state index contributed by atoms with van der Waals surface area (Å²) in [7, 11) is -3.86. The van der Waals surface area contributed by atoms with E-state index >= 15 is 0 Å². The van der Waals surface area contributed by atoms with E-state index in [1.165, 1.54) is 31.2 Å². The molecule has 0 aliphatic carbocycles. The van der Waals surface area contributed by atoms with E-state index in [-0.39, 0.29) is 40.3 Å². The number of hydrogen-bond acceptors (Lipinski definition) is 5. The molecule has 2 aromatic rings. The number of halogens is 2. The number of aryl methyl sites for hydroxylation is 1. The van der Waals surface area contributed by atoms with Gasteiger partial charge in [0.05, 0.1) is 20.9 Å². The third-order valence-corrected chi connectivity index (χ3v) is 6.99. The Balaban J connectivity index is 1.77. The first kappa shape index (κ1) is 21.1. The second-order valence-corrected chi connectivity index (χ2v) is 9.43. The van der Waals surface area contributed by atoms with Crippen molar-refractivity contribution in [1.82, 2.24) is 0 Å². The number of fused-ring (bicyclic) bond motifs is 1. The van der Waals surface area contributed by atoms with Crippen molar-refractivity contribution in [3.63, 3.8) is 0 Å². The van der Waals surface area contributed by atoms with Crippen LogP contribution in [0.25, 0.3) is 0 Å². The number of carbonyl (C=O) groups is 2. The Kier molecular flexibility index (Phi) is 5.81. The maximum Gasteiger partial charge on any atom is 0.262 e. The zero-order valence-electron chi connectivity index (χ0n) is 15.6. The highest BCUT2D eigenvalue weighted by Crippen LogP contribution is 2.34. The molecule has 2 amide bonds.